The van der Waals surface area contributed by atoms with Gasteiger partial charge in [-0.2, -0.15) is 5.10 Å². The van der Waals surface area contributed by atoms with Gasteiger partial charge in [0.15, 0.2) is 16.4 Å². The highest BCUT2D eigenvalue weighted by atomic mass is 35.5. The Balaban J connectivity index is 1.78. The zero-order valence-electron chi connectivity index (χ0n) is 17.5. The number of sulfonamides is 1. The molecule has 0 unspecified atom stereocenters. The molecule has 1 amide bonds. The fourth-order valence-corrected chi connectivity index (χ4v) is 4.57. The summed E-state index contributed by atoms with van der Waals surface area (Å²) in [4.78, 5) is 19.2. The number of nitrogens with zero attached hydrogens (tertiary/aromatic N) is 4. The van der Waals surface area contributed by atoms with E-state index in [1.807, 2.05) is 0 Å². The van der Waals surface area contributed by atoms with Crippen molar-refractivity contribution < 1.29 is 26.7 Å². The minimum atomic E-state index is -4.42. The molecule has 4 aromatic rings. The SMILES string of the molecule is CNC(=O)c1ncn2nc(-c3c(F)ccc(NS(=O)(=O)c4cc(Cl)cnc4OC)c3F)ccc12. The second kappa shape index (κ2) is 8.83. The summed E-state index contributed by atoms with van der Waals surface area (Å²) in [5, 5.41) is 6.55. The van der Waals surface area contributed by atoms with Gasteiger partial charge in [-0.15, -0.1) is 0 Å². The topological polar surface area (TPSA) is 128 Å². The Kier molecular flexibility index (Phi) is 6.06. The number of pyridine rings is 1. The van der Waals surface area contributed by atoms with Crippen LogP contribution in [-0.4, -0.2) is 48.1 Å². The number of rotatable bonds is 6. The Morgan fingerprint density at radius 2 is 1.94 bits per heavy atom. The van der Waals surface area contributed by atoms with Gasteiger partial charge in [-0.25, -0.2) is 31.7 Å². The number of imidazole rings is 1. The Hall–Kier alpha value is -3.84. The summed E-state index contributed by atoms with van der Waals surface area (Å²) in [6.07, 6.45) is 2.40. The zero-order chi connectivity index (χ0) is 24.6. The number of carbonyl (C=O) groups excluding carboxylic acids is 1. The van der Waals surface area contributed by atoms with Gasteiger partial charge in [0.05, 0.1) is 34.6 Å². The molecule has 0 saturated carbocycles. The molecular formula is C20H15ClF2N6O4S. The number of halogens is 3. The number of ether oxygens (including phenoxy) is 1. The number of methoxy groups -OCH3 is 1. The number of fused-ring (bicyclic) bond motifs is 1. The first-order valence-corrected chi connectivity index (χ1v) is 11.3. The molecule has 0 spiro atoms. The molecule has 34 heavy (non-hydrogen) atoms. The van der Waals surface area contributed by atoms with Crippen molar-refractivity contribution in [3.63, 3.8) is 0 Å². The first-order chi connectivity index (χ1) is 16.2. The number of amides is 1. The summed E-state index contributed by atoms with van der Waals surface area (Å²) in [6, 6.07) is 5.59. The smallest absolute Gasteiger partial charge is 0.271 e. The summed E-state index contributed by atoms with van der Waals surface area (Å²) in [5.41, 5.74) is -0.911. The Labute approximate surface area is 196 Å². The number of hydrogen-bond acceptors (Lipinski definition) is 7. The fraction of sp³-hybridized carbons (Fsp3) is 0.100. The van der Waals surface area contributed by atoms with Gasteiger partial charge in [-0.1, -0.05) is 11.6 Å². The van der Waals surface area contributed by atoms with Gasteiger partial charge < -0.3 is 10.1 Å². The maximum absolute atomic E-state index is 15.3. The minimum Gasteiger partial charge on any atom is -0.480 e. The molecule has 4 rings (SSSR count). The first kappa shape index (κ1) is 23.3. The van der Waals surface area contributed by atoms with E-state index in [9.17, 15) is 17.6 Å². The van der Waals surface area contributed by atoms with Crippen LogP contribution < -0.4 is 14.8 Å². The number of aromatic nitrogens is 4. The molecule has 0 fully saturated rings. The van der Waals surface area contributed by atoms with E-state index >= 15 is 4.39 Å². The normalized spacial score (nSPS) is 11.4. The predicted molar refractivity (Wildman–Crippen MR) is 118 cm³/mol. The largest absolute Gasteiger partial charge is 0.480 e. The highest BCUT2D eigenvalue weighted by Gasteiger charge is 2.25. The van der Waals surface area contributed by atoms with E-state index in [-0.39, 0.29) is 22.3 Å². The number of anilines is 1. The molecule has 0 aliphatic heterocycles. The number of benzene rings is 1. The van der Waals surface area contributed by atoms with Gasteiger partial charge in [-0.05, 0) is 30.3 Å². The van der Waals surface area contributed by atoms with Crippen molar-refractivity contribution >= 4 is 38.7 Å². The maximum Gasteiger partial charge on any atom is 0.271 e. The average molecular weight is 509 g/mol. The Bertz CT molecular complexity index is 1540. The van der Waals surface area contributed by atoms with Crippen LogP contribution in [0.15, 0.2) is 47.8 Å². The first-order valence-electron chi connectivity index (χ1n) is 9.43. The van der Waals surface area contributed by atoms with Crippen molar-refractivity contribution in [1.29, 1.82) is 0 Å². The van der Waals surface area contributed by atoms with Gasteiger partial charge in [0, 0.05) is 13.2 Å². The zero-order valence-corrected chi connectivity index (χ0v) is 19.1. The van der Waals surface area contributed by atoms with E-state index < -0.39 is 43.7 Å². The molecule has 0 atom stereocenters. The van der Waals surface area contributed by atoms with E-state index in [1.54, 1.807) is 0 Å². The van der Waals surface area contributed by atoms with Crippen molar-refractivity contribution in [3.8, 4) is 17.1 Å². The molecular weight excluding hydrogens is 494 g/mol. The molecule has 3 heterocycles. The number of hydrogen-bond donors (Lipinski definition) is 2. The molecule has 10 nitrogen and oxygen atoms in total. The standard InChI is InChI=1S/C20H15ClF2N6O4S/c1-24-19(30)18-14-6-5-12(27-29(14)9-26-18)16-11(22)3-4-13(17(16)23)28-34(31,32)15-7-10(21)8-25-20(15)33-2/h3-9,28H,1-2H3,(H,24,30). The van der Waals surface area contributed by atoms with Crippen molar-refractivity contribution in [1.82, 2.24) is 24.9 Å². The van der Waals surface area contributed by atoms with E-state index in [4.69, 9.17) is 16.3 Å². The molecule has 14 heteroatoms. The van der Waals surface area contributed by atoms with Crippen molar-refractivity contribution in [3.05, 3.63) is 65.2 Å². The lowest BCUT2D eigenvalue weighted by Crippen LogP contribution is -2.18. The van der Waals surface area contributed by atoms with Crippen LogP contribution >= 0.6 is 11.6 Å². The number of carbonyl (C=O) groups is 1. The molecule has 0 aliphatic carbocycles. The van der Waals surface area contributed by atoms with Gasteiger partial charge >= 0.3 is 0 Å². The van der Waals surface area contributed by atoms with Gasteiger partial charge in [-0.3, -0.25) is 9.52 Å². The van der Waals surface area contributed by atoms with Crippen LogP contribution in [0.3, 0.4) is 0 Å². The summed E-state index contributed by atoms with van der Waals surface area (Å²) >= 11 is 5.84. The molecule has 2 N–H and O–H groups in total. The van der Waals surface area contributed by atoms with Crippen LogP contribution in [0.25, 0.3) is 16.8 Å². The summed E-state index contributed by atoms with van der Waals surface area (Å²) in [5.74, 6) is -2.92. The van der Waals surface area contributed by atoms with Crippen LogP contribution in [0.5, 0.6) is 5.88 Å². The van der Waals surface area contributed by atoms with E-state index in [0.717, 1.165) is 18.2 Å². The summed E-state index contributed by atoms with van der Waals surface area (Å²) in [7, 11) is -1.78. The van der Waals surface area contributed by atoms with Gasteiger partial charge in [0.1, 0.15) is 12.1 Å². The lowest BCUT2D eigenvalue weighted by Gasteiger charge is -2.14. The van der Waals surface area contributed by atoms with Crippen LogP contribution in [0.4, 0.5) is 14.5 Å². The van der Waals surface area contributed by atoms with Crippen molar-refractivity contribution in [2.24, 2.45) is 0 Å². The molecule has 0 saturated heterocycles. The summed E-state index contributed by atoms with van der Waals surface area (Å²) < 4.78 is 63.9. The Morgan fingerprint density at radius 3 is 2.65 bits per heavy atom. The molecule has 3 aromatic heterocycles. The Morgan fingerprint density at radius 1 is 1.18 bits per heavy atom. The van der Waals surface area contributed by atoms with Gasteiger partial charge in [0.2, 0.25) is 5.88 Å². The van der Waals surface area contributed by atoms with Gasteiger partial charge in [0.25, 0.3) is 15.9 Å². The second-order valence-corrected chi connectivity index (χ2v) is 8.86. The van der Waals surface area contributed by atoms with Crippen LogP contribution in [0.1, 0.15) is 10.5 Å². The van der Waals surface area contributed by atoms with E-state index in [0.29, 0.717) is 5.52 Å². The summed E-state index contributed by atoms with van der Waals surface area (Å²) in [6.45, 7) is 0. The molecule has 0 aliphatic rings. The van der Waals surface area contributed by atoms with Crippen LogP contribution in [0.2, 0.25) is 5.02 Å². The molecule has 1 aromatic carbocycles. The maximum atomic E-state index is 15.3. The second-order valence-electron chi connectivity index (χ2n) is 6.77. The highest BCUT2D eigenvalue weighted by Crippen LogP contribution is 2.32. The lowest BCUT2D eigenvalue weighted by molar-refractivity contribution is 0.0960. The lowest BCUT2D eigenvalue weighted by atomic mass is 10.1. The monoisotopic (exact) mass is 508 g/mol. The van der Waals surface area contributed by atoms with Crippen molar-refractivity contribution in [2.75, 3.05) is 18.9 Å². The number of nitrogens with one attached hydrogen (secondary N) is 2. The third-order valence-corrected chi connectivity index (χ3v) is 6.27. The van der Waals surface area contributed by atoms with Crippen molar-refractivity contribution in [2.45, 2.75) is 4.90 Å². The minimum absolute atomic E-state index is 0.00963. The van der Waals surface area contributed by atoms with Crippen LogP contribution in [-0.2, 0) is 10.0 Å². The quantitative estimate of drug-likeness (QED) is 0.410. The third kappa shape index (κ3) is 4.10. The predicted octanol–water partition coefficient (Wildman–Crippen LogP) is 2.89. The third-order valence-electron chi connectivity index (χ3n) is 4.70. The molecule has 0 radical (unpaired) electrons. The van der Waals surface area contributed by atoms with E-state index in [1.165, 1.54) is 43.3 Å². The average Bonchev–Trinajstić information content (AvgIpc) is 3.24. The molecule has 0 bridgehead atoms. The highest BCUT2D eigenvalue weighted by molar-refractivity contribution is 7.92. The van der Waals surface area contributed by atoms with E-state index in [2.05, 4.69) is 25.1 Å². The fourth-order valence-electron chi connectivity index (χ4n) is 3.14. The van der Waals surface area contributed by atoms with Crippen LogP contribution in [0, 0.1) is 11.6 Å². The molecule has 176 valence electrons.